The molecule has 1 N–H and O–H groups in total. The smallest absolute Gasteiger partial charge is 0.307 e. The van der Waals surface area contributed by atoms with Crippen LogP contribution in [-0.2, 0) is 19.6 Å². The zero-order chi connectivity index (χ0) is 15.7. The Labute approximate surface area is 128 Å². The van der Waals surface area contributed by atoms with Crippen molar-refractivity contribution in [1.82, 2.24) is 14.1 Å². The number of carboxylic acids is 1. The largest absolute Gasteiger partial charge is 0.481 e. The number of nitrogens with zero attached hydrogens (tertiary/aromatic N) is 3. The summed E-state index contributed by atoms with van der Waals surface area (Å²) in [6, 6.07) is 0.156. The first-order chi connectivity index (χ1) is 10.5. The first kappa shape index (κ1) is 15.4. The first-order valence-corrected chi connectivity index (χ1v) is 8.77. The van der Waals surface area contributed by atoms with Crippen molar-refractivity contribution in [2.24, 2.45) is 5.92 Å². The molecule has 0 radical (unpaired) electrons. The van der Waals surface area contributed by atoms with Gasteiger partial charge in [-0.05, 0) is 19.3 Å². The quantitative estimate of drug-likeness (QED) is 0.854. The van der Waals surface area contributed by atoms with Crippen LogP contribution >= 0.6 is 0 Å². The summed E-state index contributed by atoms with van der Waals surface area (Å²) in [6.45, 7) is 1.57. The molecule has 9 heteroatoms. The number of hydrogen-bond donors (Lipinski definition) is 1. The van der Waals surface area contributed by atoms with Crippen molar-refractivity contribution >= 4 is 16.0 Å². The van der Waals surface area contributed by atoms with Crippen molar-refractivity contribution in [3.63, 3.8) is 0 Å². The van der Waals surface area contributed by atoms with Crippen molar-refractivity contribution < 1.29 is 23.1 Å². The first-order valence-electron chi connectivity index (χ1n) is 7.33. The van der Waals surface area contributed by atoms with E-state index in [0.29, 0.717) is 19.6 Å². The highest BCUT2D eigenvalue weighted by Crippen LogP contribution is 2.26. The van der Waals surface area contributed by atoms with Crippen LogP contribution in [0.2, 0.25) is 0 Å². The molecule has 0 aliphatic carbocycles. The van der Waals surface area contributed by atoms with Crippen LogP contribution in [0.5, 0.6) is 0 Å². The SMILES string of the molecule is O=C(O)C1CCN(S(=O)(=O)c2cnn(C3CCOCC3)c2)C1. The molecule has 2 saturated heterocycles. The maximum absolute atomic E-state index is 12.6. The number of aliphatic carboxylic acids is 1. The van der Waals surface area contributed by atoms with Gasteiger partial charge in [-0.3, -0.25) is 9.48 Å². The third-order valence-electron chi connectivity index (χ3n) is 4.28. The predicted octanol–water partition coefficient (Wildman–Crippen LogP) is 0.330. The summed E-state index contributed by atoms with van der Waals surface area (Å²) >= 11 is 0. The minimum atomic E-state index is -3.67. The van der Waals surface area contributed by atoms with E-state index in [9.17, 15) is 13.2 Å². The Morgan fingerprint density at radius 2 is 2.05 bits per heavy atom. The lowest BCUT2D eigenvalue weighted by molar-refractivity contribution is -0.141. The predicted molar refractivity (Wildman–Crippen MR) is 75.8 cm³/mol. The van der Waals surface area contributed by atoms with Gasteiger partial charge in [-0.2, -0.15) is 9.40 Å². The summed E-state index contributed by atoms with van der Waals surface area (Å²) in [5, 5.41) is 13.2. The van der Waals surface area contributed by atoms with Gasteiger partial charge in [0, 0.05) is 32.5 Å². The lowest BCUT2D eigenvalue weighted by atomic mass is 10.1. The van der Waals surface area contributed by atoms with Gasteiger partial charge in [0.1, 0.15) is 4.90 Å². The highest BCUT2D eigenvalue weighted by atomic mass is 32.2. The minimum Gasteiger partial charge on any atom is -0.481 e. The van der Waals surface area contributed by atoms with Crippen molar-refractivity contribution in [3.8, 4) is 0 Å². The number of sulfonamides is 1. The van der Waals surface area contributed by atoms with E-state index in [2.05, 4.69) is 5.10 Å². The minimum absolute atomic E-state index is 0.0279. The molecule has 122 valence electrons. The van der Waals surface area contributed by atoms with E-state index in [4.69, 9.17) is 9.84 Å². The molecular formula is C13H19N3O5S. The molecule has 1 aromatic rings. The van der Waals surface area contributed by atoms with Crippen molar-refractivity contribution in [3.05, 3.63) is 12.4 Å². The van der Waals surface area contributed by atoms with Gasteiger partial charge < -0.3 is 9.84 Å². The summed E-state index contributed by atoms with van der Waals surface area (Å²) in [6.07, 6.45) is 4.86. The zero-order valence-electron chi connectivity index (χ0n) is 12.1. The number of carboxylic acid groups (broad SMARTS) is 1. The molecule has 1 unspecified atom stereocenters. The fourth-order valence-electron chi connectivity index (χ4n) is 2.90. The third-order valence-corrected chi connectivity index (χ3v) is 6.10. The monoisotopic (exact) mass is 329 g/mol. The second-order valence-corrected chi connectivity index (χ2v) is 7.62. The molecular weight excluding hydrogens is 310 g/mol. The molecule has 22 heavy (non-hydrogen) atoms. The molecule has 2 aliphatic rings. The number of rotatable bonds is 4. The van der Waals surface area contributed by atoms with E-state index < -0.39 is 21.9 Å². The van der Waals surface area contributed by atoms with Gasteiger partial charge in [-0.15, -0.1) is 0 Å². The zero-order valence-corrected chi connectivity index (χ0v) is 12.9. The topological polar surface area (TPSA) is 102 Å². The Morgan fingerprint density at radius 3 is 2.68 bits per heavy atom. The maximum Gasteiger partial charge on any atom is 0.307 e. The summed E-state index contributed by atoms with van der Waals surface area (Å²) in [5.74, 6) is -1.57. The Balaban J connectivity index is 1.75. The maximum atomic E-state index is 12.6. The van der Waals surface area contributed by atoms with Gasteiger partial charge in [0.25, 0.3) is 0 Å². The van der Waals surface area contributed by atoms with E-state index in [1.165, 1.54) is 10.5 Å². The molecule has 3 heterocycles. The number of aromatic nitrogens is 2. The van der Waals surface area contributed by atoms with E-state index in [0.717, 1.165) is 12.8 Å². The summed E-state index contributed by atoms with van der Waals surface area (Å²) < 4.78 is 33.3. The van der Waals surface area contributed by atoms with Gasteiger partial charge in [0.15, 0.2) is 0 Å². The highest BCUT2D eigenvalue weighted by molar-refractivity contribution is 7.89. The van der Waals surface area contributed by atoms with Crippen LogP contribution in [-0.4, -0.2) is 59.9 Å². The second kappa shape index (κ2) is 5.98. The lowest BCUT2D eigenvalue weighted by Gasteiger charge is -2.22. The molecule has 0 spiro atoms. The fraction of sp³-hybridized carbons (Fsp3) is 0.692. The summed E-state index contributed by atoms with van der Waals surface area (Å²) in [7, 11) is -3.67. The summed E-state index contributed by atoms with van der Waals surface area (Å²) in [4.78, 5) is 11.1. The molecule has 2 aliphatic heterocycles. The number of carbonyl (C=O) groups is 1. The van der Waals surface area contributed by atoms with E-state index >= 15 is 0 Å². The van der Waals surface area contributed by atoms with E-state index in [1.807, 2.05) is 0 Å². The Kier molecular flexibility index (Phi) is 4.20. The van der Waals surface area contributed by atoms with E-state index in [1.54, 1.807) is 10.9 Å². The van der Waals surface area contributed by atoms with Crippen molar-refractivity contribution in [2.75, 3.05) is 26.3 Å². The fourth-order valence-corrected chi connectivity index (χ4v) is 4.34. The van der Waals surface area contributed by atoms with Crippen LogP contribution in [0, 0.1) is 5.92 Å². The van der Waals surface area contributed by atoms with Gasteiger partial charge in [-0.1, -0.05) is 0 Å². The van der Waals surface area contributed by atoms with Crippen LogP contribution in [0.3, 0.4) is 0 Å². The number of ether oxygens (including phenoxy) is 1. The second-order valence-electron chi connectivity index (χ2n) is 5.69. The molecule has 3 rings (SSSR count). The van der Waals surface area contributed by atoms with Gasteiger partial charge in [0.2, 0.25) is 10.0 Å². The van der Waals surface area contributed by atoms with Crippen molar-refractivity contribution in [1.29, 1.82) is 0 Å². The average molecular weight is 329 g/mol. The molecule has 0 bridgehead atoms. The standard InChI is InChI=1S/C13H19N3O5S/c17-13(18)10-1-4-15(8-10)22(19,20)12-7-14-16(9-12)11-2-5-21-6-3-11/h7,9-11H,1-6,8H2,(H,17,18). The number of hydrogen-bond acceptors (Lipinski definition) is 5. The van der Waals surface area contributed by atoms with Crippen LogP contribution in [0.1, 0.15) is 25.3 Å². The molecule has 0 aromatic carbocycles. The highest BCUT2D eigenvalue weighted by Gasteiger charge is 2.36. The van der Waals surface area contributed by atoms with E-state index in [-0.39, 0.29) is 24.0 Å². The third kappa shape index (κ3) is 2.88. The molecule has 2 fully saturated rings. The molecule has 1 atom stereocenters. The van der Waals surface area contributed by atoms with Crippen LogP contribution in [0.15, 0.2) is 17.3 Å². The Bertz CT molecular complexity index is 650. The Morgan fingerprint density at radius 1 is 1.32 bits per heavy atom. The lowest BCUT2D eigenvalue weighted by Crippen LogP contribution is -2.30. The van der Waals surface area contributed by atoms with Crippen LogP contribution in [0.4, 0.5) is 0 Å². The van der Waals surface area contributed by atoms with Gasteiger partial charge in [-0.25, -0.2) is 8.42 Å². The average Bonchev–Trinajstić information content (AvgIpc) is 3.18. The molecule has 0 saturated carbocycles. The van der Waals surface area contributed by atoms with Crippen LogP contribution < -0.4 is 0 Å². The van der Waals surface area contributed by atoms with Crippen molar-refractivity contribution in [2.45, 2.75) is 30.2 Å². The molecule has 1 aromatic heterocycles. The van der Waals surface area contributed by atoms with Gasteiger partial charge in [0.05, 0.1) is 18.2 Å². The normalized spacial score (nSPS) is 24.6. The Hall–Kier alpha value is -1.45. The molecule has 0 amide bonds. The van der Waals surface area contributed by atoms with Gasteiger partial charge >= 0.3 is 5.97 Å². The summed E-state index contributed by atoms with van der Waals surface area (Å²) in [5.41, 5.74) is 0. The molecule has 8 nitrogen and oxygen atoms in total. The van der Waals surface area contributed by atoms with Crippen LogP contribution in [0.25, 0.3) is 0 Å².